The van der Waals surface area contributed by atoms with Crippen LogP contribution in [0.1, 0.15) is 25.1 Å². The molecule has 0 radical (unpaired) electrons. The van der Waals surface area contributed by atoms with E-state index in [0.29, 0.717) is 11.8 Å². The van der Waals surface area contributed by atoms with E-state index in [2.05, 4.69) is 18.9 Å². The Balaban J connectivity index is 2.93. The van der Waals surface area contributed by atoms with Crippen LogP contribution in [0.4, 0.5) is 0 Å². The molecule has 0 amide bonds. The van der Waals surface area contributed by atoms with E-state index in [0.717, 1.165) is 17.8 Å². The first-order chi connectivity index (χ1) is 5.52. The molecule has 1 N–H and O–H groups in total. The summed E-state index contributed by atoms with van der Waals surface area (Å²) in [4.78, 5) is 0. The molecule has 0 spiro atoms. The van der Waals surface area contributed by atoms with Gasteiger partial charge in [0, 0.05) is 12.1 Å². The Bertz CT molecular complexity index is 276. The maximum absolute atomic E-state index is 9.57. The highest BCUT2D eigenvalue weighted by molar-refractivity contribution is 5.27. The van der Waals surface area contributed by atoms with E-state index < -0.39 is 0 Å². The van der Waals surface area contributed by atoms with Crippen LogP contribution in [0, 0.1) is 19.8 Å². The van der Waals surface area contributed by atoms with Gasteiger partial charge in [0.2, 0.25) is 5.88 Å². The minimum Gasteiger partial charge on any atom is -0.493 e. The molecule has 1 aromatic rings. The molecule has 12 heavy (non-hydrogen) atoms. The fourth-order valence-corrected chi connectivity index (χ4v) is 1.13. The normalized spacial score (nSPS) is 11.1. The van der Waals surface area contributed by atoms with Gasteiger partial charge in [-0.25, -0.2) is 4.68 Å². The van der Waals surface area contributed by atoms with E-state index in [1.165, 1.54) is 0 Å². The first kappa shape index (κ1) is 9.10. The van der Waals surface area contributed by atoms with Crippen LogP contribution in [0.15, 0.2) is 0 Å². The average Bonchev–Trinajstić information content (AvgIpc) is 2.17. The number of aromatic nitrogens is 2. The van der Waals surface area contributed by atoms with Crippen molar-refractivity contribution in [3.05, 3.63) is 11.3 Å². The van der Waals surface area contributed by atoms with E-state index in [-0.39, 0.29) is 0 Å². The summed E-state index contributed by atoms with van der Waals surface area (Å²) < 4.78 is 1.66. The van der Waals surface area contributed by atoms with Gasteiger partial charge in [0.1, 0.15) is 0 Å². The number of hydrogen-bond acceptors (Lipinski definition) is 2. The molecule has 1 rings (SSSR count). The number of aromatic hydroxyl groups is 1. The van der Waals surface area contributed by atoms with Gasteiger partial charge in [-0.1, -0.05) is 13.8 Å². The quantitative estimate of drug-likeness (QED) is 0.732. The SMILES string of the molecule is Cc1nn(CC(C)C)c(O)c1C. The molecule has 0 aliphatic carbocycles. The molecule has 3 nitrogen and oxygen atoms in total. The Morgan fingerprint density at radius 1 is 1.42 bits per heavy atom. The van der Waals surface area contributed by atoms with Crippen molar-refractivity contribution in [1.82, 2.24) is 9.78 Å². The smallest absolute Gasteiger partial charge is 0.212 e. The molecular weight excluding hydrogens is 152 g/mol. The minimum atomic E-state index is 0.307. The lowest BCUT2D eigenvalue weighted by molar-refractivity contribution is 0.369. The van der Waals surface area contributed by atoms with Crippen LogP contribution >= 0.6 is 0 Å². The molecule has 0 unspecified atom stereocenters. The van der Waals surface area contributed by atoms with Crippen molar-refractivity contribution in [2.45, 2.75) is 34.2 Å². The average molecular weight is 168 g/mol. The zero-order chi connectivity index (χ0) is 9.30. The Morgan fingerprint density at radius 3 is 2.33 bits per heavy atom. The van der Waals surface area contributed by atoms with Crippen molar-refractivity contribution < 1.29 is 5.11 Å². The van der Waals surface area contributed by atoms with Gasteiger partial charge < -0.3 is 5.11 Å². The molecule has 68 valence electrons. The van der Waals surface area contributed by atoms with Crippen molar-refractivity contribution >= 4 is 0 Å². The molecule has 0 fully saturated rings. The molecule has 1 aromatic heterocycles. The summed E-state index contributed by atoms with van der Waals surface area (Å²) in [5.41, 5.74) is 1.80. The number of rotatable bonds is 2. The number of hydrogen-bond donors (Lipinski definition) is 1. The highest BCUT2D eigenvalue weighted by atomic mass is 16.3. The highest BCUT2D eigenvalue weighted by Gasteiger charge is 2.10. The topological polar surface area (TPSA) is 38.0 Å². The zero-order valence-electron chi connectivity index (χ0n) is 8.13. The molecule has 0 atom stereocenters. The van der Waals surface area contributed by atoms with Crippen molar-refractivity contribution in [3.63, 3.8) is 0 Å². The molecule has 0 saturated carbocycles. The van der Waals surface area contributed by atoms with Gasteiger partial charge in [0.15, 0.2) is 0 Å². The maximum atomic E-state index is 9.57. The van der Waals surface area contributed by atoms with E-state index in [1.807, 2.05) is 13.8 Å². The molecule has 0 bridgehead atoms. The van der Waals surface area contributed by atoms with Crippen LogP contribution in [-0.2, 0) is 6.54 Å². The van der Waals surface area contributed by atoms with Crippen LogP contribution in [0.2, 0.25) is 0 Å². The maximum Gasteiger partial charge on any atom is 0.212 e. The number of aryl methyl sites for hydroxylation is 1. The lowest BCUT2D eigenvalue weighted by Crippen LogP contribution is -2.05. The van der Waals surface area contributed by atoms with Crippen LogP contribution < -0.4 is 0 Å². The molecule has 1 heterocycles. The van der Waals surface area contributed by atoms with Gasteiger partial charge in [0.05, 0.1) is 5.69 Å². The van der Waals surface area contributed by atoms with Crippen molar-refractivity contribution in [1.29, 1.82) is 0 Å². The predicted molar refractivity (Wildman–Crippen MR) is 48.2 cm³/mol. The van der Waals surface area contributed by atoms with Gasteiger partial charge in [-0.15, -0.1) is 0 Å². The summed E-state index contributed by atoms with van der Waals surface area (Å²) >= 11 is 0. The van der Waals surface area contributed by atoms with Gasteiger partial charge in [-0.3, -0.25) is 0 Å². The minimum absolute atomic E-state index is 0.307. The van der Waals surface area contributed by atoms with E-state index in [4.69, 9.17) is 0 Å². The lowest BCUT2D eigenvalue weighted by atomic mass is 10.2. The fraction of sp³-hybridized carbons (Fsp3) is 0.667. The predicted octanol–water partition coefficient (Wildman–Crippen LogP) is 1.86. The highest BCUT2D eigenvalue weighted by Crippen LogP contribution is 2.19. The third kappa shape index (κ3) is 1.60. The second kappa shape index (κ2) is 3.17. The second-order valence-corrected chi connectivity index (χ2v) is 3.61. The summed E-state index contributed by atoms with van der Waals surface area (Å²) in [6.45, 7) is 8.78. The fourth-order valence-electron chi connectivity index (χ4n) is 1.13. The first-order valence-electron chi connectivity index (χ1n) is 4.25. The van der Waals surface area contributed by atoms with Gasteiger partial charge >= 0.3 is 0 Å². The summed E-state index contributed by atoms with van der Waals surface area (Å²) in [5.74, 6) is 0.816. The summed E-state index contributed by atoms with van der Waals surface area (Å²) in [5, 5.41) is 13.8. The third-order valence-electron chi connectivity index (χ3n) is 1.93. The number of nitrogens with zero attached hydrogens (tertiary/aromatic N) is 2. The van der Waals surface area contributed by atoms with Crippen LogP contribution in [-0.4, -0.2) is 14.9 Å². The van der Waals surface area contributed by atoms with Gasteiger partial charge in [0.25, 0.3) is 0 Å². The molecule has 0 aliphatic rings. The van der Waals surface area contributed by atoms with Crippen LogP contribution in [0.25, 0.3) is 0 Å². The molecule has 0 saturated heterocycles. The monoisotopic (exact) mass is 168 g/mol. The van der Waals surface area contributed by atoms with Crippen molar-refractivity contribution in [2.75, 3.05) is 0 Å². The molecule has 3 heteroatoms. The molecular formula is C9H16N2O. The summed E-state index contributed by atoms with van der Waals surface area (Å²) in [6, 6.07) is 0. The summed E-state index contributed by atoms with van der Waals surface area (Å²) in [6.07, 6.45) is 0. The van der Waals surface area contributed by atoms with Crippen molar-refractivity contribution in [2.24, 2.45) is 5.92 Å². The third-order valence-corrected chi connectivity index (χ3v) is 1.93. The van der Waals surface area contributed by atoms with E-state index >= 15 is 0 Å². The standard InChI is InChI=1S/C9H16N2O/c1-6(2)5-11-9(12)7(3)8(4)10-11/h6,12H,5H2,1-4H3. The van der Waals surface area contributed by atoms with Crippen LogP contribution in [0.3, 0.4) is 0 Å². The van der Waals surface area contributed by atoms with Crippen molar-refractivity contribution in [3.8, 4) is 5.88 Å². The van der Waals surface area contributed by atoms with Gasteiger partial charge in [-0.05, 0) is 19.8 Å². The van der Waals surface area contributed by atoms with Gasteiger partial charge in [-0.2, -0.15) is 5.10 Å². The Hall–Kier alpha value is -0.990. The Morgan fingerprint density at radius 2 is 2.00 bits per heavy atom. The largest absolute Gasteiger partial charge is 0.493 e. The first-order valence-corrected chi connectivity index (χ1v) is 4.25. The Kier molecular flexibility index (Phi) is 2.40. The molecule has 0 aliphatic heterocycles. The molecule has 0 aromatic carbocycles. The van der Waals surface area contributed by atoms with E-state index in [9.17, 15) is 5.11 Å². The second-order valence-electron chi connectivity index (χ2n) is 3.61. The van der Waals surface area contributed by atoms with E-state index in [1.54, 1.807) is 4.68 Å². The zero-order valence-corrected chi connectivity index (χ0v) is 8.13. The summed E-state index contributed by atoms with van der Waals surface area (Å²) in [7, 11) is 0. The Labute approximate surface area is 73.0 Å². The van der Waals surface area contributed by atoms with Crippen LogP contribution in [0.5, 0.6) is 5.88 Å². The lowest BCUT2D eigenvalue weighted by Gasteiger charge is -2.05.